The molecule has 0 fully saturated rings. The van der Waals surface area contributed by atoms with Crippen LogP contribution in [-0.2, 0) is 0 Å². The minimum Gasteiger partial charge on any atom is -0.503 e. The lowest BCUT2D eigenvalue weighted by Gasteiger charge is -2.25. The first kappa shape index (κ1) is 42.7. The summed E-state index contributed by atoms with van der Waals surface area (Å²) >= 11 is 0. The maximum absolute atomic E-state index is 9.64. The molecule has 0 amide bonds. The highest BCUT2D eigenvalue weighted by atomic mass is 16.4. The van der Waals surface area contributed by atoms with E-state index in [0.717, 1.165) is 22.7 Å². The van der Waals surface area contributed by atoms with E-state index >= 15 is 0 Å². The number of aromatic hydroxyl groups is 10. The number of benzene rings is 9. The summed E-state index contributed by atoms with van der Waals surface area (Å²) in [7, 11) is 0. The van der Waals surface area contributed by atoms with E-state index in [0.29, 0.717) is 0 Å². The van der Waals surface area contributed by atoms with Crippen molar-refractivity contribution < 1.29 is 51.1 Å². The zero-order chi connectivity index (χ0) is 46.9. The van der Waals surface area contributed by atoms with Gasteiger partial charge in [0.05, 0.1) is 11.0 Å². The maximum Gasteiger partial charge on any atom is 0.208 e. The summed E-state index contributed by atoms with van der Waals surface area (Å²) in [6.07, 6.45) is 0. The van der Waals surface area contributed by atoms with Crippen LogP contribution in [0.5, 0.6) is 57.5 Å². The van der Waals surface area contributed by atoms with Crippen molar-refractivity contribution in [2.24, 2.45) is 0 Å². The van der Waals surface area contributed by atoms with Crippen molar-refractivity contribution in [1.82, 2.24) is 4.57 Å². The number of phenolic OH excluding ortho intramolecular Hbond substituents is 10. The van der Waals surface area contributed by atoms with E-state index in [9.17, 15) is 51.1 Å². The molecule has 0 aliphatic heterocycles. The molecule has 10 rings (SSSR count). The molecule has 0 aliphatic rings. The Morgan fingerprint density at radius 1 is 0.299 bits per heavy atom. The Kier molecular flexibility index (Phi) is 11.2. The fraction of sp³-hybridized carbons (Fsp3) is 0. The predicted molar refractivity (Wildman–Crippen MR) is 259 cm³/mol. The first-order chi connectivity index (χ1) is 32.4. The van der Waals surface area contributed by atoms with Gasteiger partial charge in [-0.2, -0.15) is 0 Å². The summed E-state index contributed by atoms with van der Waals surface area (Å²) < 4.78 is 2.38. The number of hydrogen-bond acceptors (Lipinski definition) is 12. The van der Waals surface area contributed by atoms with Gasteiger partial charge < -0.3 is 65.8 Å². The third-order valence-corrected chi connectivity index (χ3v) is 11.4. The molecule has 11 N–H and O–H groups in total. The molecule has 0 aliphatic carbocycles. The summed E-state index contributed by atoms with van der Waals surface area (Å²) in [6.45, 7) is 0. The van der Waals surface area contributed by atoms with Gasteiger partial charge >= 0.3 is 0 Å². The van der Waals surface area contributed by atoms with E-state index in [1.54, 1.807) is 0 Å². The molecule has 332 valence electrons. The molecule has 0 spiro atoms. The number of fused-ring (bicyclic) bond motifs is 3. The third kappa shape index (κ3) is 7.78. The molecule has 1 aromatic heterocycles. The van der Waals surface area contributed by atoms with Crippen LogP contribution in [0.15, 0.2) is 182 Å². The predicted octanol–water partition coefficient (Wildman–Crippen LogP) is 12.1. The van der Waals surface area contributed by atoms with Gasteiger partial charge in [0.15, 0.2) is 23.0 Å². The fourth-order valence-electron chi connectivity index (χ4n) is 8.00. The minimum absolute atomic E-state index is 0.895. The van der Waals surface area contributed by atoms with E-state index in [4.69, 9.17) is 0 Å². The van der Waals surface area contributed by atoms with Crippen molar-refractivity contribution in [3.05, 3.63) is 182 Å². The van der Waals surface area contributed by atoms with Gasteiger partial charge in [0.25, 0.3) is 0 Å². The molecule has 10 aromatic rings. The monoisotopic (exact) mass is 891 g/mol. The van der Waals surface area contributed by atoms with E-state index in [2.05, 4.69) is 191 Å². The van der Waals surface area contributed by atoms with Gasteiger partial charge in [-0.15, -0.1) is 0 Å². The van der Waals surface area contributed by atoms with Crippen LogP contribution in [0.25, 0.3) is 49.7 Å². The molecule has 0 atom stereocenters. The molecule has 0 saturated carbocycles. The van der Waals surface area contributed by atoms with E-state index in [1.807, 2.05) is 5.32 Å². The highest BCUT2D eigenvalue weighted by molar-refractivity contribution is 6.10. The number of para-hydroxylation sites is 3. The van der Waals surface area contributed by atoms with Crippen LogP contribution in [0.1, 0.15) is 0 Å². The second-order valence-corrected chi connectivity index (χ2v) is 15.4. The molecular weight excluding hydrogens is 851 g/mol. The Labute approximate surface area is 382 Å². The highest BCUT2D eigenvalue weighted by Gasteiger charge is 2.28. The summed E-state index contributed by atoms with van der Waals surface area (Å²) in [5, 5.41) is 99.0. The van der Waals surface area contributed by atoms with Crippen LogP contribution in [-0.4, -0.2) is 55.6 Å². The topological polar surface area (TPSA) is 222 Å². The Bertz CT molecular complexity index is 3250. The van der Waals surface area contributed by atoms with Crippen LogP contribution >= 0.6 is 0 Å². The van der Waals surface area contributed by atoms with Crippen LogP contribution in [0.2, 0.25) is 0 Å². The molecule has 0 saturated heterocycles. The van der Waals surface area contributed by atoms with Gasteiger partial charge in [0.1, 0.15) is 11.4 Å². The maximum atomic E-state index is 9.64. The van der Waals surface area contributed by atoms with Crippen molar-refractivity contribution >= 4 is 50.2 Å². The number of hydrogen-bond donors (Lipinski definition) is 11. The molecule has 0 bridgehead atoms. The first-order valence-electron chi connectivity index (χ1n) is 20.8. The lowest BCUT2D eigenvalue weighted by atomic mass is 10.0. The quantitative estimate of drug-likeness (QED) is 0.0507. The van der Waals surface area contributed by atoms with Gasteiger partial charge in [0, 0.05) is 33.5 Å². The Morgan fingerprint density at radius 3 is 1.16 bits per heavy atom. The van der Waals surface area contributed by atoms with Crippen LogP contribution < -0.4 is 10.2 Å². The van der Waals surface area contributed by atoms with Crippen molar-refractivity contribution in [2.45, 2.75) is 0 Å². The Hall–Kier alpha value is -9.62. The zero-order valence-electron chi connectivity index (χ0n) is 35.2. The molecular formula is C54H41N3O10. The summed E-state index contributed by atoms with van der Waals surface area (Å²) in [4.78, 5) is 2.30. The molecule has 13 nitrogen and oxygen atoms in total. The van der Waals surface area contributed by atoms with Crippen LogP contribution in [0.4, 0.5) is 28.4 Å². The SMILES string of the molecule is Oc1c(O)c(O)c(Nc2c(O)c(O)c(O)c(O)c2O)c(O)c1O.c1ccc(-c2ccc(-n3c4ccccc4c4cc(-c5ccc(N(c6ccccc6)c6ccccc6)cc5)ccc43)cc2)cc1. The van der Waals surface area contributed by atoms with Gasteiger partial charge in [0.2, 0.25) is 34.5 Å². The van der Waals surface area contributed by atoms with Crippen molar-refractivity contribution in [1.29, 1.82) is 0 Å². The lowest BCUT2D eigenvalue weighted by Crippen LogP contribution is -2.09. The van der Waals surface area contributed by atoms with E-state index < -0.39 is 68.9 Å². The highest BCUT2D eigenvalue weighted by Crippen LogP contribution is 2.59. The van der Waals surface area contributed by atoms with Crippen LogP contribution in [0.3, 0.4) is 0 Å². The summed E-state index contributed by atoms with van der Waals surface area (Å²) in [5.74, 6) is -12.2. The zero-order valence-corrected chi connectivity index (χ0v) is 35.2. The number of nitrogens with one attached hydrogen (secondary N) is 1. The summed E-state index contributed by atoms with van der Waals surface area (Å²) in [5.41, 5.74) is 10.0. The second-order valence-electron chi connectivity index (χ2n) is 15.4. The second kappa shape index (κ2) is 17.5. The van der Waals surface area contributed by atoms with Gasteiger partial charge in [-0.25, -0.2) is 0 Å². The Balaban J connectivity index is 0.000000207. The number of aromatic nitrogens is 1. The van der Waals surface area contributed by atoms with Crippen molar-refractivity contribution in [3.8, 4) is 85.4 Å². The van der Waals surface area contributed by atoms with Gasteiger partial charge in [-0.05, 0) is 89.0 Å². The van der Waals surface area contributed by atoms with Gasteiger partial charge in [-0.3, -0.25) is 0 Å². The number of anilines is 5. The minimum atomic E-state index is -1.24. The molecule has 0 unspecified atom stereocenters. The number of rotatable bonds is 8. The van der Waals surface area contributed by atoms with E-state index in [1.165, 1.54) is 44.1 Å². The van der Waals surface area contributed by atoms with Crippen molar-refractivity contribution in [2.75, 3.05) is 10.2 Å². The third-order valence-electron chi connectivity index (χ3n) is 11.4. The molecule has 1 heterocycles. The normalized spacial score (nSPS) is 11.0. The van der Waals surface area contributed by atoms with Crippen molar-refractivity contribution in [3.63, 3.8) is 0 Å². The lowest BCUT2D eigenvalue weighted by molar-refractivity contribution is 0.328. The molecule has 0 radical (unpaired) electrons. The fourth-order valence-corrected chi connectivity index (χ4v) is 8.00. The average molecular weight is 892 g/mol. The van der Waals surface area contributed by atoms with Crippen LogP contribution in [0, 0.1) is 0 Å². The van der Waals surface area contributed by atoms with Gasteiger partial charge in [-0.1, -0.05) is 115 Å². The Morgan fingerprint density at radius 2 is 0.657 bits per heavy atom. The molecule has 67 heavy (non-hydrogen) atoms. The standard InChI is InChI=1S/C42H30N2.C12H11NO10/c1-4-12-31(13-5-1)32-20-27-38(28-21-32)44-41-19-11-10-18-39(41)40-30-34(24-29-42(40)44)33-22-25-37(26-23-33)43(35-14-6-2-7-15-35)36-16-8-3-9-17-36;14-3-1(4(15)8(19)11(22)7(3)18)13-2-5(16)9(20)12(23)10(21)6(2)17/h1-30H;13-23H. The largest absolute Gasteiger partial charge is 0.503 e. The van der Waals surface area contributed by atoms with E-state index in [-0.39, 0.29) is 0 Å². The molecule has 13 heteroatoms. The smallest absolute Gasteiger partial charge is 0.208 e. The molecule has 9 aromatic carbocycles. The number of phenols is 10. The average Bonchev–Trinajstić information content (AvgIpc) is 3.71. The number of nitrogens with zero attached hydrogens (tertiary/aromatic N) is 2. The first-order valence-corrected chi connectivity index (χ1v) is 20.8. The summed E-state index contributed by atoms with van der Waals surface area (Å²) in [6, 6.07) is 65.0.